The Labute approximate surface area is 132 Å². The summed E-state index contributed by atoms with van der Waals surface area (Å²) < 4.78 is 0. The lowest BCUT2D eigenvalue weighted by Gasteiger charge is -2.20. The molecule has 0 radical (unpaired) electrons. The van der Waals surface area contributed by atoms with Crippen LogP contribution in [0.1, 0.15) is 30.5 Å². The summed E-state index contributed by atoms with van der Waals surface area (Å²) in [6.45, 7) is 5.16. The lowest BCUT2D eigenvalue weighted by Crippen LogP contribution is -2.31. The van der Waals surface area contributed by atoms with E-state index in [-0.39, 0.29) is 6.04 Å². The van der Waals surface area contributed by atoms with Crippen molar-refractivity contribution in [1.29, 1.82) is 0 Å². The molecule has 2 aromatic carbocycles. The monoisotopic (exact) mass is 302 g/mol. The van der Waals surface area contributed by atoms with Crippen LogP contribution in [0.4, 0.5) is 0 Å². The van der Waals surface area contributed by atoms with Crippen LogP contribution in [0.5, 0.6) is 0 Å². The van der Waals surface area contributed by atoms with Gasteiger partial charge in [0.2, 0.25) is 0 Å². The first-order valence-corrected chi connectivity index (χ1v) is 7.93. The third-order valence-electron chi connectivity index (χ3n) is 3.41. The van der Waals surface area contributed by atoms with Gasteiger partial charge in [0.1, 0.15) is 0 Å². The van der Waals surface area contributed by atoms with E-state index in [0.29, 0.717) is 0 Å². The van der Waals surface area contributed by atoms with Crippen molar-refractivity contribution in [1.82, 2.24) is 10.6 Å². The summed E-state index contributed by atoms with van der Waals surface area (Å²) in [5.41, 5.74) is 2.51. The van der Waals surface area contributed by atoms with Crippen molar-refractivity contribution in [2.45, 2.75) is 19.4 Å². The predicted molar refractivity (Wildman–Crippen MR) is 90.9 cm³/mol. The van der Waals surface area contributed by atoms with Gasteiger partial charge in [0.25, 0.3) is 0 Å². The molecule has 0 amide bonds. The molecule has 0 aliphatic heterocycles. The molecular formula is C18H23ClN2. The Balaban J connectivity index is 2.06. The van der Waals surface area contributed by atoms with Gasteiger partial charge in [-0.3, -0.25) is 0 Å². The van der Waals surface area contributed by atoms with E-state index in [1.807, 2.05) is 18.2 Å². The van der Waals surface area contributed by atoms with Gasteiger partial charge in [-0.05, 0) is 36.2 Å². The first-order chi connectivity index (χ1) is 10.3. The van der Waals surface area contributed by atoms with Gasteiger partial charge in [0, 0.05) is 18.1 Å². The van der Waals surface area contributed by atoms with Crippen molar-refractivity contribution in [2.75, 3.05) is 19.6 Å². The SMILES string of the molecule is CCCNCCNC(c1ccccc1)c1ccc(Cl)cc1. The Morgan fingerprint density at radius 3 is 2.19 bits per heavy atom. The molecule has 2 N–H and O–H groups in total. The Hall–Kier alpha value is -1.35. The highest BCUT2D eigenvalue weighted by molar-refractivity contribution is 6.30. The van der Waals surface area contributed by atoms with Crippen molar-refractivity contribution in [3.05, 3.63) is 70.7 Å². The van der Waals surface area contributed by atoms with E-state index in [1.165, 1.54) is 17.5 Å². The topological polar surface area (TPSA) is 24.1 Å². The van der Waals surface area contributed by atoms with E-state index in [0.717, 1.165) is 24.7 Å². The standard InChI is InChI=1S/C18H23ClN2/c1-2-12-20-13-14-21-18(15-6-4-3-5-7-15)16-8-10-17(19)11-9-16/h3-11,18,20-21H,2,12-14H2,1H3. The van der Waals surface area contributed by atoms with Crippen LogP contribution in [0.2, 0.25) is 5.02 Å². The molecule has 0 bridgehead atoms. The molecule has 112 valence electrons. The van der Waals surface area contributed by atoms with Gasteiger partial charge in [0.15, 0.2) is 0 Å². The number of halogens is 1. The van der Waals surface area contributed by atoms with Crippen LogP contribution < -0.4 is 10.6 Å². The molecule has 1 unspecified atom stereocenters. The lowest BCUT2D eigenvalue weighted by molar-refractivity contribution is 0.564. The summed E-state index contributed by atoms with van der Waals surface area (Å²) in [6, 6.07) is 18.8. The first kappa shape index (κ1) is 16.0. The highest BCUT2D eigenvalue weighted by Gasteiger charge is 2.12. The molecule has 2 rings (SSSR count). The molecule has 0 saturated carbocycles. The molecule has 0 saturated heterocycles. The van der Waals surface area contributed by atoms with Gasteiger partial charge in [-0.2, -0.15) is 0 Å². The average Bonchev–Trinajstić information content (AvgIpc) is 2.53. The number of nitrogens with one attached hydrogen (secondary N) is 2. The van der Waals surface area contributed by atoms with E-state index < -0.39 is 0 Å². The predicted octanol–water partition coefficient (Wildman–Crippen LogP) is 4.02. The van der Waals surface area contributed by atoms with E-state index >= 15 is 0 Å². The fraction of sp³-hybridized carbons (Fsp3) is 0.333. The smallest absolute Gasteiger partial charge is 0.0577 e. The first-order valence-electron chi connectivity index (χ1n) is 7.55. The third-order valence-corrected chi connectivity index (χ3v) is 3.67. The van der Waals surface area contributed by atoms with Gasteiger partial charge in [-0.1, -0.05) is 61.0 Å². The minimum absolute atomic E-state index is 0.201. The number of benzene rings is 2. The minimum Gasteiger partial charge on any atom is -0.315 e. The molecule has 0 aliphatic carbocycles. The Morgan fingerprint density at radius 1 is 0.857 bits per heavy atom. The maximum absolute atomic E-state index is 5.99. The normalized spacial score (nSPS) is 12.3. The second-order valence-electron chi connectivity index (χ2n) is 5.10. The molecule has 21 heavy (non-hydrogen) atoms. The van der Waals surface area contributed by atoms with Crippen LogP contribution in [0.15, 0.2) is 54.6 Å². The second-order valence-corrected chi connectivity index (χ2v) is 5.54. The minimum atomic E-state index is 0.201. The molecule has 2 nitrogen and oxygen atoms in total. The highest BCUT2D eigenvalue weighted by Crippen LogP contribution is 2.23. The zero-order valence-corrected chi connectivity index (χ0v) is 13.2. The third kappa shape index (κ3) is 5.16. The second kappa shape index (κ2) is 8.83. The van der Waals surface area contributed by atoms with Crippen LogP contribution in [-0.2, 0) is 0 Å². The molecule has 0 spiro atoms. The van der Waals surface area contributed by atoms with Crippen LogP contribution in [0.25, 0.3) is 0 Å². The number of hydrogen-bond donors (Lipinski definition) is 2. The Kier molecular flexibility index (Phi) is 6.74. The summed E-state index contributed by atoms with van der Waals surface area (Å²) in [6.07, 6.45) is 1.17. The maximum atomic E-state index is 5.99. The molecule has 0 aromatic heterocycles. The van der Waals surface area contributed by atoms with Crippen LogP contribution in [0, 0.1) is 0 Å². The Morgan fingerprint density at radius 2 is 1.52 bits per heavy atom. The van der Waals surface area contributed by atoms with Crippen molar-refractivity contribution in [3.8, 4) is 0 Å². The van der Waals surface area contributed by atoms with E-state index in [2.05, 4.69) is 54.0 Å². The zero-order valence-electron chi connectivity index (χ0n) is 12.5. The van der Waals surface area contributed by atoms with E-state index in [1.54, 1.807) is 0 Å². The van der Waals surface area contributed by atoms with Crippen molar-refractivity contribution < 1.29 is 0 Å². The fourth-order valence-electron chi connectivity index (χ4n) is 2.34. The number of hydrogen-bond acceptors (Lipinski definition) is 2. The summed E-state index contributed by atoms with van der Waals surface area (Å²) in [5.74, 6) is 0. The Bertz CT molecular complexity index is 511. The van der Waals surface area contributed by atoms with Crippen molar-refractivity contribution in [2.24, 2.45) is 0 Å². The van der Waals surface area contributed by atoms with Gasteiger partial charge >= 0.3 is 0 Å². The lowest BCUT2D eigenvalue weighted by atomic mass is 9.99. The molecule has 1 atom stereocenters. The molecule has 0 aliphatic rings. The molecule has 0 fully saturated rings. The van der Waals surface area contributed by atoms with E-state index in [9.17, 15) is 0 Å². The molecular weight excluding hydrogens is 280 g/mol. The van der Waals surface area contributed by atoms with Crippen LogP contribution in [0.3, 0.4) is 0 Å². The summed E-state index contributed by atoms with van der Waals surface area (Å²) in [7, 11) is 0. The average molecular weight is 303 g/mol. The number of rotatable bonds is 8. The van der Waals surface area contributed by atoms with Crippen LogP contribution in [-0.4, -0.2) is 19.6 Å². The van der Waals surface area contributed by atoms with Gasteiger partial charge < -0.3 is 10.6 Å². The zero-order chi connectivity index (χ0) is 14.9. The maximum Gasteiger partial charge on any atom is 0.0577 e. The van der Waals surface area contributed by atoms with E-state index in [4.69, 9.17) is 11.6 Å². The summed E-state index contributed by atoms with van der Waals surface area (Å²) >= 11 is 5.99. The summed E-state index contributed by atoms with van der Waals surface area (Å²) in [5, 5.41) is 7.82. The fourth-order valence-corrected chi connectivity index (χ4v) is 2.46. The van der Waals surface area contributed by atoms with Crippen molar-refractivity contribution >= 4 is 11.6 Å². The van der Waals surface area contributed by atoms with Crippen LogP contribution >= 0.6 is 11.6 Å². The van der Waals surface area contributed by atoms with Gasteiger partial charge in [-0.25, -0.2) is 0 Å². The molecule has 2 aromatic rings. The largest absolute Gasteiger partial charge is 0.315 e. The van der Waals surface area contributed by atoms with Crippen molar-refractivity contribution in [3.63, 3.8) is 0 Å². The van der Waals surface area contributed by atoms with Gasteiger partial charge in [0.05, 0.1) is 6.04 Å². The summed E-state index contributed by atoms with van der Waals surface area (Å²) in [4.78, 5) is 0. The van der Waals surface area contributed by atoms with Gasteiger partial charge in [-0.15, -0.1) is 0 Å². The quantitative estimate of drug-likeness (QED) is 0.720. The molecule has 3 heteroatoms. The molecule has 0 heterocycles. The highest BCUT2D eigenvalue weighted by atomic mass is 35.5.